The van der Waals surface area contributed by atoms with Crippen molar-refractivity contribution in [3.8, 4) is 6.19 Å². The van der Waals surface area contributed by atoms with E-state index < -0.39 is 0 Å². The molecule has 0 aliphatic heterocycles. The SMILES string of the molecule is Cc1cc(NC(=NCc2cc[c]cc2)NC#N)c2ccccc2n1. The molecule has 0 spiro atoms. The van der Waals surface area contributed by atoms with E-state index in [0.717, 1.165) is 27.8 Å². The van der Waals surface area contributed by atoms with Crippen LogP contribution in [0.4, 0.5) is 5.69 Å². The third kappa shape index (κ3) is 3.68. The lowest BCUT2D eigenvalue weighted by Gasteiger charge is -2.11. The van der Waals surface area contributed by atoms with Crippen LogP contribution in [0.25, 0.3) is 10.9 Å². The van der Waals surface area contributed by atoms with Gasteiger partial charge in [0.1, 0.15) is 0 Å². The first kappa shape index (κ1) is 15.5. The first-order chi connectivity index (χ1) is 11.8. The van der Waals surface area contributed by atoms with Crippen molar-refractivity contribution in [1.82, 2.24) is 10.3 Å². The summed E-state index contributed by atoms with van der Waals surface area (Å²) in [5, 5.41) is 15.8. The number of hydrogen-bond donors (Lipinski definition) is 2. The van der Waals surface area contributed by atoms with Gasteiger partial charge in [-0.25, -0.2) is 4.99 Å². The quantitative estimate of drug-likeness (QED) is 0.336. The minimum absolute atomic E-state index is 0.404. The number of rotatable bonds is 3. The molecule has 0 aliphatic carbocycles. The fraction of sp³-hybridized carbons (Fsp3) is 0.105. The van der Waals surface area contributed by atoms with E-state index in [0.29, 0.717) is 12.5 Å². The summed E-state index contributed by atoms with van der Waals surface area (Å²) in [5.74, 6) is 0.404. The molecule has 0 fully saturated rings. The van der Waals surface area contributed by atoms with Crippen LogP contribution in [0, 0.1) is 24.4 Å². The third-order valence-corrected chi connectivity index (χ3v) is 3.48. The van der Waals surface area contributed by atoms with E-state index in [-0.39, 0.29) is 0 Å². The van der Waals surface area contributed by atoms with Crippen LogP contribution in [0.5, 0.6) is 0 Å². The van der Waals surface area contributed by atoms with Crippen molar-refractivity contribution >= 4 is 22.5 Å². The molecular weight excluding hydrogens is 298 g/mol. The van der Waals surface area contributed by atoms with Crippen LogP contribution in [-0.4, -0.2) is 10.9 Å². The molecule has 0 amide bonds. The number of pyridine rings is 1. The van der Waals surface area contributed by atoms with Gasteiger partial charge in [-0.1, -0.05) is 42.5 Å². The average Bonchev–Trinajstić information content (AvgIpc) is 2.60. The van der Waals surface area contributed by atoms with Gasteiger partial charge in [0.2, 0.25) is 5.96 Å². The topological polar surface area (TPSA) is 73.1 Å². The van der Waals surface area contributed by atoms with Crippen molar-refractivity contribution in [3.63, 3.8) is 0 Å². The van der Waals surface area contributed by atoms with E-state index in [1.165, 1.54) is 0 Å². The summed E-state index contributed by atoms with van der Waals surface area (Å²) in [7, 11) is 0. The van der Waals surface area contributed by atoms with E-state index in [9.17, 15) is 0 Å². The fourth-order valence-corrected chi connectivity index (χ4v) is 2.40. The van der Waals surface area contributed by atoms with Gasteiger partial charge in [-0.3, -0.25) is 10.3 Å². The van der Waals surface area contributed by atoms with Gasteiger partial charge >= 0.3 is 0 Å². The van der Waals surface area contributed by atoms with E-state index in [1.54, 1.807) is 0 Å². The third-order valence-electron chi connectivity index (χ3n) is 3.48. The second-order valence-electron chi connectivity index (χ2n) is 5.26. The Hall–Kier alpha value is -3.39. The number of fused-ring (bicyclic) bond motifs is 1. The lowest BCUT2D eigenvalue weighted by Crippen LogP contribution is -2.27. The second kappa shape index (κ2) is 7.25. The minimum atomic E-state index is 0.404. The zero-order chi connectivity index (χ0) is 16.8. The molecule has 3 rings (SSSR count). The smallest absolute Gasteiger partial charge is 0.209 e. The van der Waals surface area contributed by atoms with Gasteiger partial charge in [0.25, 0.3) is 0 Å². The predicted molar refractivity (Wildman–Crippen MR) is 95.3 cm³/mol. The number of guanidine groups is 1. The second-order valence-corrected chi connectivity index (χ2v) is 5.26. The molecule has 1 aromatic heterocycles. The molecular formula is C19H16N5. The Morgan fingerprint density at radius 1 is 1.25 bits per heavy atom. The highest BCUT2D eigenvalue weighted by molar-refractivity contribution is 6.02. The highest BCUT2D eigenvalue weighted by Gasteiger charge is 2.06. The number of anilines is 1. The molecule has 5 nitrogen and oxygen atoms in total. The van der Waals surface area contributed by atoms with Gasteiger partial charge in [-0.15, -0.1) is 0 Å². The molecule has 1 radical (unpaired) electrons. The molecule has 0 bridgehead atoms. The number of nitriles is 1. The van der Waals surface area contributed by atoms with Crippen LogP contribution >= 0.6 is 0 Å². The Morgan fingerprint density at radius 3 is 2.83 bits per heavy atom. The van der Waals surface area contributed by atoms with Crippen molar-refractivity contribution in [1.29, 1.82) is 5.26 Å². The van der Waals surface area contributed by atoms with Crippen LogP contribution in [0.1, 0.15) is 11.3 Å². The summed E-state index contributed by atoms with van der Waals surface area (Å²) in [6.07, 6.45) is 1.92. The summed E-state index contributed by atoms with van der Waals surface area (Å²) in [6.45, 7) is 2.40. The Labute approximate surface area is 140 Å². The van der Waals surface area contributed by atoms with E-state index in [1.807, 2.05) is 67.7 Å². The van der Waals surface area contributed by atoms with Crippen molar-refractivity contribution in [3.05, 3.63) is 71.9 Å². The number of aryl methyl sites for hydroxylation is 1. The predicted octanol–water partition coefficient (Wildman–Crippen LogP) is 3.38. The monoisotopic (exact) mass is 314 g/mol. The Bertz CT molecular complexity index is 910. The summed E-state index contributed by atoms with van der Waals surface area (Å²) < 4.78 is 0. The summed E-state index contributed by atoms with van der Waals surface area (Å²) >= 11 is 0. The molecule has 2 aromatic carbocycles. The largest absolute Gasteiger partial charge is 0.325 e. The molecule has 1 heterocycles. The summed E-state index contributed by atoms with van der Waals surface area (Å²) in [6, 6.07) is 20.3. The van der Waals surface area contributed by atoms with Gasteiger partial charge in [0, 0.05) is 11.1 Å². The highest BCUT2D eigenvalue weighted by Crippen LogP contribution is 2.22. The van der Waals surface area contributed by atoms with Crippen LogP contribution in [0.15, 0.2) is 59.6 Å². The molecule has 0 aliphatic rings. The van der Waals surface area contributed by atoms with E-state index >= 15 is 0 Å². The lowest BCUT2D eigenvalue weighted by atomic mass is 10.1. The molecule has 117 valence electrons. The maximum absolute atomic E-state index is 8.98. The number of nitrogens with one attached hydrogen (secondary N) is 2. The molecule has 5 heteroatoms. The molecule has 2 N–H and O–H groups in total. The number of hydrogen-bond acceptors (Lipinski definition) is 3. The Kier molecular flexibility index (Phi) is 4.68. The number of para-hydroxylation sites is 1. The van der Waals surface area contributed by atoms with Crippen LogP contribution < -0.4 is 10.6 Å². The van der Waals surface area contributed by atoms with Gasteiger partial charge in [0.15, 0.2) is 6.19 Å². The molecule has 24 heavy (non-hydrogen) atoms. The van der Waals surface area contributed by atoms with Crippen molar-refractivity contribution in [2.24, 2.45) is 4.99 Å². The fourth-order valence-electron chi connectivity index (χ4n) is 2.40. The number of aliphatic imine (C=N–C) groups is 1. The Morgan fingerprint density at radius 2 is 2.04 bits per heavy atom. The maximum Gasteiger partial charge on any atom is 0.209 e. The van der Waals surface area contributed by atoms with Gasteiger partial charge < -0.3 is 5.32 Å². The standard InChI is InChI=1S/C19H16N5/c1-14-11-18(16-9-5-6-10-17(16)23-14)24-19(22-13-20)21-12-15-7-3-2-4-8-15/h3-11H,12H2,1H3,(H2,21,22,23,24). The zero-order valence-corrected chi connectivity index (χ0v) is 13.2. The summed E-state index contributed by atoms with van der Waals surface area (Å²) in [5.41, 5.74) is 3.70. The molecule has 0 atom stereocenters. The van der Waals surface area contributed by atoms with Gasteiger partial charge in [-0.05, 0) is 30.7 Å². The van der Waals surface area contributed by atoms with E-state index in [2.05, 4.69) is 26.7 Å². The first-order valence-corrected chi connectivity index (χ1v) is 7.54. The molecule has 0 unspecified atom stereocenters. The van der Waals surface area contributed by atoms with Crippen molar-refractivity contribution < 1.29 is 0 Å². The van der Waals surface area contributed by atoms with Crippen molar-refractivity contribution in [2.45, 2.75) is 13.5 Å². The van der Waals surface area contributed by atoms with E-state index in [4.69, 9.17) is 5.26 Å². The van der Waals surface area contributed by atoms with Crippen LogP contribution in [0.2, 0.25) is 0 Å². The molecule has 0 saturated carbocycles. The van der Waals surface area contributed by atoms with Crippen LogP contribution in [-0.2, 0) is 6.54 Å². The normalized spacial score (nSPS) is 11.1. The first-order valence-electron chi connectivity index (χ1n) is 7.54. The molecule has 0 saturated heterocycles. The minimum Gasteiger partial charge on any atom is -0.325 e. The lowest BCUT2D eigenvalue weighted by molar-refractivity contribution is 1.04. The van der Waals surface area contributed by atoms with Crippen molar-refractivity contribution in [2.75, 3.05) is 5.32 Å². The summed E-state index contributed by atoms with van der Waals surface area (Å²) in [4.78, 5) is 8.97. The van der Waals surface area contributed by atoms with Gasteiger partial charge in [-0.2, -0.15) is 5.26 Å². The van der Waals surface area contributed by atoms with Crippen LogP contribution in [0.3, 0.4) is 0 Å². The number of nitrogens with zero attached hydrogens (tertiary/aromatic N) is 3. The van der Waals surface area contributed by atoms with Gasteiger partial charge in [0.05, 0.1) is 17.7 Å². The molecule has 3 aromatic rings. The Balaban J connectivity index is 1.90. The average molecular weight is 314 g/mol. The maximum atomic E-state index is 8.98. The number of aromatic nitrogens is 1. The zero-order valence-electron chi connectivity index (χ0n) is 13.2. The number of benzene rings is 2. The highest BCUT2D eigenvalue weighted by atomic mass is 15.2.